The summed E-state index contributed by atoms with van der Waals surface area (Å²) in [5.74, 6) is -3.31. The zero-order valence-electron chi connectivity index (χ0n) is 17.5. The number of non-ortho nitro benzene ring substituents is 1. The zero-order chi connectivity index (χ0) is 24.8. The van der Waals surface area contributed by atoms with Crippen molar-refractivity contribution in [3.63, 3.8) is 0 Å². The summed E-state index contributed by atoms with van der Waals surface area (Å²) in [6, 6.07) is 12.5. The lowest BCUT2D eigenvalue weighted by atomic mass is 10.1. The van der Waals surface area contributed by atoms with Crippen LogP contribution in [0.15, 0.2) is 70.8 Å². The van der Waals surface area contributed by atoms with Gasteiger partial charge in [0, 0.05) is 22.7 Å². The number of benzene rings is 3. The molecule has 0 radical (unpaired) electrons. The van der Waals surface area contributed by atoms with Crippen LogP contribution >= 0.6 is 15.9 Å². The summed E-state index contributed by atoms with van der Waals surface area (Å²) in [5.41, 5.74) is -0.608. The van der Waals surface area contributed by atoms with Gasteiger partial charge in [0.05, 0.1) is 23.3 Å². The van der Waals surface area contributed by atoms with Crippen LogP contribution in [0.5, 0.6) is 5.75 Å². The number of carbonyl (C=O) groups is 2. The van der Waals surface area contributed by atoms with E-state index in [1.807, 2.05) is 0 Å². The lowest BCUT2D eigenvalue weighted by Gasteiger charge is -2.13. The summed E-state index contributed by atoms with van der Waals surface area (Å²) in [5, 5.41) is 15.8. The van der Waals surface area contributed by atoms with Crippen molar-refractivity contribution >= 4 is 45.2 Å². The van der Waals surface area contributed by atoms with E-state index in [1.54, 1.807) is 6.07 Å². The fraction of sp³-hybridized carbons (Fsp3) is 0.0435. The van der Waals surface area contributed by atoms with E-state index >= 15 is 0 Å². The number of nitro groups is 1. The zero-order valence-corrected chi connectivity index (χ0v) is 19.1. The van der Waals surface area contributed by atoms with Crippen LogP contribution in [-0.4, -0.2) is 23.8 Å². The van der Waals surface area contributed by atoms with Crippen LogP contribution in [0.1, 0.15) is 15.9 Å². The van der Waals surface area contributed by atoms with E-state index in [1.165, 1.54) is 49.6 Å². The van der Waals surface area contributed by atoms with E-state index in [-0.39, 0.29) is 33.9 Å². The van der Waals surface area contributed by atoms with E-state index in [2.05, 4.69) is 26.6 Å². The summed E-state index contributed by atoms with van der Waals surface area (Å²) in [4.78, 5) is 36.4. The molecule has 2 amide bonds. The summed E-state index contributed by atoms with van der Waals surface area (Å²) in [6.45, 7) is 0. The average Bonchev–Trinajstić information content (AvgIpc) is 2.80. The highest BCUT2D eigenvalue weighted by Crippen LogP contribution is 2.24. The quantitative estimate of drug-likeness (QED) is 0.251. The number of nitrogens with zero attached hydrogens (tertiary/aromatic N) is 1. The van der Waals surface area contributed by atoms with Crippen molar-refractivity contribution in [1.29, 1.82) is 0 Å². The second-order valence-corrected chi connectivity index (χ2v) is 7.70. The van der Waals surface area contributed by atoms with Gasteiger partial charge in [-0.2, -0.15) is 0 Å². The second kappa shape index (κ2) is 10.7. The number of amides is 2. The van der Waals surface area contributed by atoms with Crippen molar-refractivity contribution in [3.05, 3.63) is 104 Å². The number of ether oxygens (including phenoxy) is 1. The number of nitrogens with one attached hydrogen (secondary N) is 2. The molecule has 8 nitrogen and oxygen atoms in total. The van der Waals surface area contributed by atoms with E-state index < -0.39 is 28.4 Å². The standard InChI is InChI=1S/C23H16BrF2N3O5/c1-34-21-8-5-14(24)11-17(21)22(30)28-20(10-13-3-2-4-16(9-13)29(32)33)23(31)27-19-7-6-15(25)12-18(19)26/h2-12H,1H3,(H,27,31)(H,28,30)/b20-10-. The van der Waals surface area contributed by atoms with Crippen LogP contribution in [0.2, 0.25) is 0 Å². The van der Waals surface area contributed by atoms with Gasteiger partial charge in [-0.15, -0.1) is 0 Å². The van der Waals surface area contributed by atoms with Crippen molar-refractivity contribution in [2.75, 3.05) is 12.4 Å². The highest BCUT2D eigenvalue weighted by Gasteiger charge is 2.20. The molecule has 0 aliphatic rings. The van der Waals surface area contributed by atoms with Gasteiger partial charge in [-0.25, -0.2) is 8.78 Å². The van der Waals surface area contributed by atoms with Crippen molar-refractivity contribution in [2.24, 2.45) is 0 Å². The van der Waals surface area contributed by atoms with E-state index in [9.17, 15) is 28.5 Å². The minimum Gasteiger partial charge on any atom is -0.496 e. The van der Waals surface area contributed by atoms with Crippen LogP contribution in [0.4, 0.5) is 20.2 Å². The van der Waals surface area contributed by atoms with Crippen molar-refractivity contribution in [1.82, 2.24) is 5.32 Å². The number of hydrogen-bond acceptors (Lipinski definition) is 5. The van der Waals surface area contributed by atoms with E-state index in [0.717, 1.165) is 12.1 Å². The fourth-order valence-corrected chi connectivity index (χ4v) is 3.24. The minimum atomic E-state index is -1.02. The number of carbonyl (C=O) groups excluding carboxylic acids is 2. The third-order valence-electron chi connectivity index (χ3n) is 4.47. The highest BCUT2D eigenvalue weighted by molar-refractivity contribution is 9.10. The summed E-state index contributed by atoms with van der Waals surface area (Å²) >= 11 is 3.26. The molecule has 3 rings (SSSR count). The summed E-state index contributed by atoms with van der Waals surface area (Å²) in [7, 11) is 1.36. The Balaban J connectivity index is 2.00. The normalized spacial score (nSPS) is 11.0. The van der Waals surface area contributed by atoms with Crippen LogP contribution < -0.4 is 15.4 Å². The molecule has 0 atom stereocenters. The van der Waals surface area contributed by atoms with Gasteiger partial charge in [0.15, 0.2) is 0 Å². The van der Waals surface area contributed by atoms with Crippen molar-refractivity contribution in [2.45, 2.75) is 0 Å². The van der Waals surface area contributed by atoms with Crippen molar-refractivity contribution in [3.8, 4) is 5.75 Å². The Bertz CT molecular complexity index is 1310. The first kappa shape index (κ1) is 24.5. The number of rotatable bonds is 7. The summed E-state index contributed by atoms with van der Waals surface area (Å²) < 4.78 is 33.0. The SMILES string of the molecule is COc1ccc(Br)cc1C(=O)N/C(=C\c1cccc([N+](=O)[O-])c1)C(=O)Nc1ccc(F)cc1F. The van der Waals surface area contributed by atoms with Crippen LogP contribution in [0.3, 0.4) is 0 Å². The Morgan fingerprint density at radius 2 is 1.85 bits per heavy atom. The Morgan fingerprint density at radius 1 is 1.09 bits per heavy atom. The predicted octanol–water partition coefficient (Wildman–Crippen LogP) is 5.05. The molecule has 0 bridgehead atoms. The number of anilines is 1. The molecule has 11 heteroatoms. The van der Waals surface area contributed by atoms with E-state index in [0.29, 0.717) is 10.5 Å². The minimum absolute atomic E-state index is 0.0857. The molecule has 3 aromatic carbocycles. The third-order valence-corrected chi connectivity index (χ3v) is 4.96. The molecule has 0 saturated carbocycles. The van der Waals surface area contributed by atoms with Gasteiger partial charge >= 0.3 is 0 Å². The Hall–Kier alpha value is -4.12. The molecule has 0 saturated heterocycles. The number of nitro benzene ring substituents is 1. The van der Waals surface area contributed by atoms with Gasteiger partial charge in [0.25, 0.3) is 17.5 Å². The topological polar surface area (TPSA) is 111 Å². The lowest BCUT2D eigenvalue weighted by Crippen LogP contribution is -2.31. The van der Waals surface area contributed by atoms with Gasteiger partial charge in [-0.3, -0.25) is 19.7 Å². The number of hydrogen-bond donors (Lipinski definition) is 2. The number of methoxy groups -OCH3 is 1. The molecule has 2 N–H and O–H groups in total. The van der Waals surface area contributed by atoms with Crippen LogP contribution in [-0.2, 0) is 4.79 Å². The first-order valence-electron chi connectivity index (χ1n) is 9.55. The first-order chi connectivity index (χ1) is 16.2. The molecule has 0 aromatic heterocycles. The molecule has 34 heavy (non-hydrogen) atoms. The molecule has 0 spiro atoms. The molecular weight excluding hydrogens is 516 g/mol. The Morgan fingerprint density at radius 3 is 2.53 bits per heavy atom. The maximum atomic E-state index is 14.1. The Kier molecular flexibility index (Phi) is 7.69. The van der Waals surface area contributed by atoms with Gasteiger partial charge in [0.2, 0.25) is 0 Å². The van der Waals surface area contributed by atoms with Gasteiger partial charge in [-0.05, 0) is 42.0 Å². The Labute approximate surface area is 200 Å². The van der Waals surface area contributed by atoms with Gasteiger partial charge < -0.3 is 15.4 Å². The molecule has 0 aliphatic heterocycles. The monoisotopic (exact) mass is 531 g/mol. The lowest BCUT2D eigenvalue weighted by molar-refractivity contribution is -0.384. The predicted molar refractivity (Wildman–Crippen MR) is 124 cm³/mol. The molecule has 0 heterocycles. The van der Waals surface area contributed by atoms with Gasteiger partial charge in [0.1, 0.15) is 23.1 Å². The largest absolute Gasteiger partial charge is 0.496 e. The molecule has 0 fully saturated rings. The maximum Gasteiger partial charge on any atom is 0.272 e. The van der Waals surface area contributed by atoms with Crippen molar-refractivity contribution < 1.29 is 28.0 Å². The average molecular weight is 532 g/mol. The second-order valence-electron chi connectivity index (χ2n) is 6.79. The number of halogens is 3. The molecular formula is C23H16BrF2N3O5. The molecule has 3 aromatic rings. The van der Waals surface area contributed by atoms with Crippen LogP contribution in [0, 0.1) is 21.7 Å². The maximum absolute atomic E-state index is 14.1. The molecule has 0 unspecified atom stereocenters. The summed E-state index contributed by atoms with van der Waals surface area (Å²) in [6.07, 6.45) is 1.19. The third kappa shape index (κ3) is 6.01. The fourth-order valence-electron chi connectivity index (χ4n) is 2.88. The highest BCUT2D eigenvalue weighted by atomic mass is 79.9. The molecule has 0 aliphatic carbocycles. The van der Waals surface area contributed by atoms with Crippen LogP contribution in [0.25, 0.3) is 6.08 Å². The van der Waals surface area contributed by atoms with Gasteiger partial charge in [-0.1, -0.05) is 28.1 Å². The first-order valence-corrected chi connectivity index (χ1v) is 10.3. The van der Waals surface area contributed by atoms with E-state index in [4.69, 9.17) is 4.74 Å². The smallest absolute Gasteiger partial charge is 0.272 e. The molecule has 174 valence electrons.